The highest BCUT2D eigenvalue weighted by atomic mass is 19.1. The molecule has 0 aliphatic heterocycles. The molecule has 6 nitrogen and oxygen atoms in total. The second-order valence-electron chi connectivity index (χ2n) is 3.49. The van der Waals surface area contributed by atoms with Gasteiger partial charge in [-0.2, -0.15) is 5.10 Å². The molecule has 0 spiro atoms. The van der Waals surface area contributed by atoms with Gasteiger partial charge in [0.05, 0.1) is 6.20 Å². The molecule has 0 aliphatic carbocycles. The van der Waals surface area contributed by atoms with Gasteiger partial charge >= 0.3 is 0 Å². The van der Waals surface area contributed by atoms with E-state index < -0.39 is 17.6 Å². The second-order valence-corrected chi connectivity index (χ2v) is 3.49. The van der Waals surface area contributed by atoms with E-state index in [0.717, 1.165) is 6.07 Å². The molecule has 92 valence electrons. The standard InChI is InChI=1S/C11H9FN4O2/c12-7-3-1-2-6(4-7)11(18)15-10-8(9(13)17)5-14-16-10/h1-5H,(H2,13,17)(H2,14,15,16,18). The van der Waals surface area contributed by atoms with Crippen molar-refractivity contribution in [3.63, 3.8) is 0 Å². The molecule has 0 fully saturated rings. The number of rotatable bonds is 3. The van der Waals surface area contributed by atoms with Gasteiger partial charge in [-0.1, -0.05) is 6.07 Å². The third-order valence-corrected chi connectivity index (χ3v) is 2.23. The summed E-state index contributed by atoms with van der Waals surface area (Å²) < 4.78 is 12.9. The number of carbonyl (C=O) groups is 2. The number of nitrogens with one attached hydrogen (secondary N) is 2. The summed E-state index contributed by atoms with van der Waals surface area (Å²) in [6, 6.07) is 5.16. The summed E-state index contributed by atoms with van der Waals surface area (Å²) in [6.07, 6.45) is 1.20. The normalized spacial score (nSPS) is 10.1. The zero-order valence-corrected chi connectivity index (χ0v) is 9.11. The van der Waals surface area contributed by atoms with E-state index in [-0.39, 0.29) is 16.9 Å². The van der Waals surface area contributed by atoms with E-state index in [0.29, 0.717) is 0 Å². The third-order valence-electron chi connectivity index (χ3n) is 2.23. The zero-order valence-electron chi connectivity index (χ0n) is 9.11. The van der Waals surface area contributed by atoms with Crippen molar-refractivity contribution in [2.75, 3.05) is 5.32 Å². The molecule has 0 bridgehead atoms. The molecule has 2 amide bonds. The van der Waals surface area contributed by atoms with Gasteiger partial charge < -0.3 is 11.1 Å². The highest BCUT2D eigenvalue weighted by Gasteiger charge is 2.14. The van der Waals surface area contributed by atoms with E-state index in [4.69, 9.17) is 5.73 Å². The molecule has 18 heavy (non-hydrogen) atoms. The first kappa shape index (κ1) is 11.8. The molecule has 0 atom stereocenters. The van der Waals surface area contributed by atoms with Crippen LogP contribution in [0.2, 0.25) is 0 Å². The highest BCUT2D eigenvalue weighted by molar-refractivity contribution is 6.07. The summed E-state index contributed by atoms with van der Waals surface area (Å²) >= 11 is 0. The van der Waals surface area contributed by atoms with Gasteiger partial charge in [-0.25, -0.2) is 4.39 Å². The molecule has 0 aliphatic rings. The Morgan fingerprint density at radius 1 is 1.39 bits per heavy atom. The van der Waals surface area contributed by atoms with Gasteiger partial charge in [0.15, 0.2) is 0 Å². The van der Waals surface area contributed by atoms with Crippen molar-refractivity contribution in [3.8, 4) is 0 Å². The van der Waals surface area contributed by atoms with Crippen LogP contribution in [-0.4, -0.2) is 22.0 Å². The second kappa shape index (κ2) is 4.66. The lowest BCUT2D eigenvalue weighted by Crippen LogP contribution is -2.17. The Morgan fingerprint density at radius 3 is 2.83 bits per heavy atom. The SMILES string of the molecule is NC(=O)c1cn[nH]c1NC(=O)c1cccc(F)c1. The van der Waals surface area contributed by atoms with E-state index >= 15 is 0 Å². The van der Waals surface area contributed by atoms with Crippen LogP contribution in [-0.2, 0) is 0 Å². The van der Waals surface area contributed by atoms with Crippen LogP contribution >= 0.6 is 0 Å². The van der Waals surface area contributed by atoms with Gasteiger partial charge in [0.25, 0.3) is 11.8 Å². The van der Waals surface area contributed by atoms with Crippen molar-refractivity contribution < 1.29 is 14.0 Å². The van der Waals surface area contributed by atoms with Gasteiger partial charge in [0, 0.05) is 5.56 Å². The van der Waals surface area contributed by atoms with Crippen molar-refractivity contribution in [3.05, 3.63) is 47.4 Å². The molecule has 0 saturated heterocycles. The highest BCUT2D eigenvalue weighted by Crippen LogP contribution is 2.12. The van der Waals surface area contributed by atoms with E-state index in [1.54, 1.807) is 0 Å². The quantitative estimate of drug-likeness (QED) is 0.752. The maximum Gasteiger partial charge on any atom is 0.256 e. The first-order valence-corrected chi connectivity index (χ1v) is 4.98. The van der Waals surface area contributed by atoms with Crippen LogP contribution in [0, 0.1) is 5.82 Å². The molecule has 2 aromatic rings. The number of hydrogen-bond donors (Lipinski definition) is 3. The van der Waals surface area contributed by atoms with Crippen molar-refractivity contribution in [2.45, 2.75) is 0 Å². The van der Waals surface area contributed by atoms with Crippen LogP contribution in [0.5, 0.6) is 0 Å². The summed E-state index contributed by atoms with van der Waals surface area (Å²) in [4.78, 5) is 22.8. The number of aromatic amines is 1. The monoisotopic (exact) mass is 248 g/mol. The van der Waals surface area contributed by atoms with Crippen LogP contribution in [0.3, 0.4) is 0 Å². The Balaban J connectivity index is 2.21. The summed E-state index contributed by atoms with van der Waals surface area (Å²) in [7, 11) is 0. The van der Waals surface area contributed by atoms with Gasteiger partial charge in [-0.15, -0.1) is 0 Å². The maximum atomic E-state index is 12.9. The van der Waals surface area contributed by atoms with E-state index in [9.17, 15) is 14.0 Å². The lowest BCUT2D eigenvalue weighted by atomic mass is 10.2. The first-order chi connectivity index (χ1) is 8.58. The maximum absolute atomic E-state index is 12.9. The van der Waals surface area contributed by atoms with Crippen molar-refractivity contribution in [1.29, 1.82) is 0 Å². The minimum Gasteiger partial charge on any atom is -0.365 e. The number of amides is 2. The van der Waals surface area contributed by atoms with Crippen LogP contribution < -0.4 is 11.1 Å². The number of benzene rings is 1. The molecule has 0 radical (unpaired) electrons. The van der Waals surface area contributed by atoms with Crippen LogP contribution in [0.1, 0.15) is 20.7 Å². The van der Waals surface area contributed by atoms with Gasteiger partial charge in [-0.3, -0.25) is 14.7 Å². The number of anilines is 1. The zero-order chi connectivity index (χ0) is 13.1. The van der Waals surface area contributed by atoms with Gasteiger partial charge in [0.1, 0.15) is 17.2 Å². The minimum absolute atomic E-state index is 0.0553. The molecule has 1 heterocycles. The lowest BCUT2D eigenvalue weighted by molar-refractivity contribution is 0.100. The van der Waals surface area contributed by atoms with Gasteiger partial charge in [-0.05, 0) is 18.2 Å². The van der Waals surface area contributed by atoms with E-state index in [1.807, 2.05) is 0 Å². The molecule has 0 saturated carbocycles. The van der Waals surface area contributed by atoms with Crippen molar-refractivity contribution in [2.24, 2.45) is 5.73 Å². The fourth-order valence-corrected chi connectivity index (χ4v) is 1.38. The van der Waals surface area contributed by atoms with Crippen LogP contribution in [0.15, 0.2) is 30.5 Å². The molecule has 2 rings (SSSR count). The average molecular weight is 248 g/mol. The van der Waals surface area contributed by atoms with Crippen molar-refractivity contribution in [1.82, 2.24) is 10.2 Å². The summed E-state index contributed by atoms with van der Waals surface area (Å²) in [5, 5.41) is 8.41. The van der Waals surface area contributed by atoms with E-state index in [2.05, 4.69) is 15.5 Å². The summed E-state index contributed by atoms with van der Waals surface area (Å²) in [5.41, 5.74) is 5.27. The number of nitrogens with two attached hydrogens (primary N) is 1. The molecule has 1 aromatic heterocycles. The van der Waals surface area contributed by atoms with Crippen LogP contribution in [0.4, 0.5) is 10.2 Å². The average Bonchev–Trinajstić information content (AvgIpc) is 2.77. The number of nitrogens with zero attached hydrogens (tertiary/aromatic N) is 1. The molecular formula is C11H9FN4O2. The van der Waals surface area contributed by atoms with E-state index in [1.165, 1.54) is 24.4 Å². The Labute approximate surface area is 101 Å². The number of aromatic nitrogens is 2. The third kappa shape index (κ3) is 2.34. The smallest absolute Gasteiger partial charge is 0.256 e. The topological polar surface area (TPSA) is 101 Å². The summed E-state index contributed by atoms with van der Waals surface area (Å²) in [5.74, 6) is -1.74. The Bertz CT molecular complexity index is 609. The Kier molecular flexibility index (Phi) is 3.05. The number of primary amides is 1. The minimum atomic E-state index is -0.724. The predicted molar refractivity (Wildman–Crippen MR) is 61.5 cm³/mol. The molecule has 7 heteroatoms. The number of H-pyrrole nitrogens is 1. The molecule has 0 unspecified atom stereocenters. The summed E-state index contributed by atoms with van der Waals surface area (Å²) in [6.45, 7) is 0. The first-order valence-electron chi connectivity index (χ1n) is 4.98. The fraction of sp³-hybridized carbons (Fsp3) is 0. The van der Waals surface area contributed by atoms with Gasteiger partial charge in [0.2, 0.25) is 0 Å². The predicted octanol–water partition coefficient (Wildman–Crippen LogP) is 0.900. The Hall–Kier alpha value is -2.70. The molecule has 4 N–H and O–H groups in total. The number of carbonyl (C=O) groups excluding carboxylic acids is 2. The van der Waals surface area contributed by atoms with Crippen molar-refractivity contribution >= 4 is 17.6 Å². The fourth-order valence-electron chi connectivity index (χ4n) is 1.38. The number of halogens is 1. The Morgan fingerprint density at radius 2 is 2.17 bits per heavy atom. The van der Waals surface area contributed by atoms with Crippen LogP contribution in [0.25, 0.3) is 0 Å². The molecule has 1 aromatic carbocycles. The largest absolute Gasteiger partial charge is 0.365 e. The number of hydrogen-bond acceptors (Lipinski definition) is 3. The lowest BCUT2D eigenvalue weighted by Gasteiger charge is -2.04. The molecular weight excluding hydrogens is 239 g/mol.